The average molecular weight is 367 g/mol. The normalized spacial score (nSPS) is 9.78. The number of aryl methyl sites for hydroxylation is 1. The van der Waals surface area contributed by atoms with E-state index in [4.69, 9.17) is 14.7 Å². The van der Waals surface area contributed by atoms with E-state index in [9.17, 15) is 9.59 Å². The van der Waals surface area contributed by atoms with E-state index in [0.717, 1.165) is 11.3 Å². The van der Waals surface area contributed by atoms with Gasteiger partial charge in [0.05, 0.1) is 12.2 Å². The van der Waals surface area contributed by atoms with E-state index in [1.54, 1.807) is 24.3 Å². The topological polar surface area (TPSA) is 100 Å². The number of benzene rings is 2. The lowest BCUT2D eigenvalue weighted by Crippen LogP contribution is -2.43. The smallest absolute Gasteiger partial charge is 0.276 e. The number of nitrogens with zero attached hydrogens (tertiary/aromatic N) is 1. The molecule has 0 aliphatic carbocycles. The van der Waals surface area contributed by atoms with Gasteiger partial charge in [0.1, 0.15) is 17.6 Å². The summed E-state index contributed by atoms with van der Waals surface area (Å²) in [6.07, 6.45) is 0.728. The zero-order valence-corrected chi connectivity index (χ0v) is 15.0. The van der Waals surface area contributed by atoms with Crippen LogP contribution in [0.5, 0.6) is 11.5 Å². The predicted molar refractivity (Wildman–Crippen MR) is 98.8 cm³/mol. The fourth-order valence-electron chi connectivity index (χ4n) is 2.12. The molecule has 0 aliphatic heterocycles. The van der Waals surface area contributed by atoms with E-state index in [0.29, 0.717) is 24.3 Å². The van der Waals surface area contributed by atoms with Gasteiger partial charge in [-0.1, -0.05) is 29.8 Å². The standard InChI is InChI=1S/C20H21N3O4/c1-15-8-10-17(11-9-15)26-12-4-7-19(24)22-23-20(25)14-27-18-6-3-2-5-16(18)13-21/h2-3,5-6,8-11H,4,7,12,14H2,1H3,(H,22,24)(H,23,25). The highest BCUT2D eigenvalue weighted by atomic mass is 16.5. The summed E-state index contributed by atoms with van der Waals surface area (Å²) in [7, 11) is 0. The van der Waals surface area contributed by atoms with Crippen molar-refractivity contribution in [2.24, 2.45) is 0 Å². The molecule has 2 aromatic rings. The minimum atomic E-state index is -0.521. The molecule has 0 saturated carbocycles. The number of nitriles is 1. The molecule has 27 heavy (non-hydrogen) atoms. The fourth-order valence-corrected chi connectivity index (χ4v) is 2.12. The molecule has 140 valence electrons. The first-order chi connectivity index (χ1) is 13.1. The van der Waals surface area contributed by atoms with Gasteiger partial charge in [0.2, 0.25) is 5.91 Å². The van der Waals surface area contributed by atoms with Crippen molar-refractivity contribution in [3.8, 4) is 17.6 Å². The van der Waals surface area contributed by atoms with Gasteiger partial charge >= 0.3 is 0 Å². The van der Waals surface area contributed by atoms with Crippen molar-refractivity contribution in [1.82, 2.24) is 10.9 Å². The van der Waals surface area contributed by atoms with Crippen molar-refractivity contribution in [2.45, 2.75) is 19.8 Å². The highest BCUT2D eigenvalue weighted by molar-refractivity contribution is 5.82. The van der Waals surface area contributed by atoms with E-state index in [1.807, 2.05) is 37.3 Å². The van der Waals surface area contributed by atoms with Crippen molar-refractivity contribution >= 4 is 11.8 Å². The maximum absolute atomic E-state index is 11.7. The van der Waals surface area contributed by atoms with E-state index in [1.165, 1.54) is 0 Å². The van der Waals surface area contributed by atoms with E-state index in [-0.39, 0.29) is 18.9 Å². The molecular weight excluding hydrogens is 346 g/mol. The second-order valence-corrected chi connectivity index (χ2v) is 5.76. The van der Waals surface area contributed by atoms with E-state index < -0.39 is 5.91 Å². The van der Waals surface area contributed by atoms with Crippen LogP contribution in [0.3, 0.4) is 0 Å². The summed E-state index contributed by atoms with van der Waals surface area (Å²) in [4.78, 5) is 23.4. The molecule has 0 heterocycles. The molecule has 2 rings (SSSR count). The van der Waals surface area contributed by atoms with Crippen LogP contribution in [0.1, 0.15) is 24.0 Å². The zero-order chi connectivity index (χ0) is 19.5. The Bertz CT molecular complexity index is 813. The van der Waals surface area contributed by atoms with Gasteiger partial charge in [-0.25, -0.2) is 0 Å². The lowest BCUT2D eigenvalue weighted by molar-refractivity contribution is -0.130. The lowest BCUT2D eigenvalue weighted by atomic mass is 10.2. The molecule has 0 aliphatic rings. The summed E-state index contributed by atoms with van der Waals surface area (Å²) in [5.74, 6) is 0.221. The summed E-state index contributed by atoms with van der Waals surface area (Å²) < 4.78 is 10.8. The van der Waals surface area contributed by atoms with Crippen LogP contribution in [0.2, 0.25) is 0 Å². The largest absolute Gasteiger partial charge is 0.494 e. The molecule has 0 spiro atoms. The van der Waals surface area contributed by atoms with Crippen LogP contribution in [0, 0.1) is 18.3 Å². The molecule has 0 fully saturated rings. The third kappa shape index (κ3) is 7.08. The van der Waals surface area contributed by atoms with Crippen molar-refractivity contribution in [3.05, 3.63) is 59.7 Å². The van der Waals surface area contributed by atoms with Gasteiger partial charge in [0, 0.05) is 6.42 Å². The Kier molecular flexibility index (Phi) is 7.67. The number of hydrogen-bond acceptors (Lipinski definition) is 5. The van der Waals surface area contributed by atoms with Crippen LogP contribution in [-0.4, -0.2) is 25.0 Å². The monoisotopic (exact) mass is 367 g/mol. The number of nitrogens with one attached hydrogen (secondary N) is 2. The van der Waals surface area contributed by atoms with Gasteiger partial charge in [-0.15, -0.1) is 0 Å². The van der Waals surface area contributed by atoms with Gasteiger partial charge in [0.25, 0.3) is 5.91 Å². The van der Waals surface area contributed by atoms with Crippen LogP contribution in [-0.2, 0) is 9.59 Å². The SMILES string of the molecule is Cc1ccc(OCCCC(=O)NNC(=O)COc2ccccc2C#N)cc1. The number of rotatable bonds is 8. The van der Waals surface area contributed by atoms with Crippen molar-refractivity contribution in [2.75, 3.05) is 13.2 Å². The number of carbonyl (C=O) groups excluding carboxylic acids is 2. The average Bonchev–Trinajstić information content (AvgIpc) is 2.69. The molecule has 0 radical (unpaired) electrons. The first-order valence-corrected chi connectivity index (χ1v) is 8.47. The Labute approximate surface area is 157 Å². The Balaban J connectivity index is 1.60. The van der Waals surface area contributed by atoms with Crippen LogP contribution in [0.25, 0.3) is 0 Å². The van der Waals surface area contributed by atoms with Gasteiger partial charge in [0.15, 0.2) is 6.61 Å². The van der Waals surface area contributed by atoms with Crippen molar-refractivity contribution in [1.29, 1.82) is 5.26 Å². The lowest BCUT2D eigenvalue weighted by Gasteiger charge is -2.10. The van der Waals surface area contributed by atoms with Crippen molar-refractivity contribution in [3.63, 3.8) is 0 Å². The molecule has 0 unspecified atom stereocenters. The molecule has 0 saturated heterocycles. The summed E-state index contributed by atoms with van der Waals surface area (Å²) in [6.45, 7) is 2.09. The Morgan fingerprint density at radius 2 is 1.70 bits per heavy atom. The van der Waals surface area contributed by atoms with E-state index in [2.05, 4.69) is 10.9 Å². The van der Waals surface area contributed by atoms with Crippen LogP contribution in [0.15, 0.2) is 48.5 Å². The quantitative estimate of drug-likeness (QED) is 0.551. The Morgan fingerprint density at radius 1 is 1.00 bits per heavy atom. The zero-order valence-electron chi connectivity index (χ0n) is 15.0. The summed E-state index contributed by atoms with van der Waals surface area (Å²) in [5, 5.41) is 8.95. The number of para-hydroxylation sites is 1. The third-order valence-electron chi connectivity index (χ3n) is 3.55. The second-order valence-electron chi connectivity index (χ2n) is 5.76. The molecule has 7 heteroatoms. The predicted octanol–water partition coefficient (Wildman–Crippen LogP) is 2.25. The molecule has 0 aromatic heterocycles. The van der Waals surface area contributed by atoms with Crippen LogP contribution < -0.4 is 20.3 Å². The van der Waals surface area contributed by atoms with Crippen LogP contribution >= 0.6 is 0 Å². The van der Waals surface area contributed by atoms with Gasteiger partial charge in [-0.2, -0.15) is 5.26 Å². The molecule has 0 atom stereocenters. The number of hydrogen-bond donors (Lipinski definition) is 2. The van der Waals surface area contributed by atoms with E-state index >= 15 is 0 Å². The van der Waals surface area contributed by atoms with Crippen molar-refractivity contribution < 1.29 is 19.1 Å². The maximum Gasteiger partial charge on any atom is 0.276 e. The maximum atomic E-state index is 11.7. The second kappa shape index (κ2) is 10.5. The third-order valence-corrected chi connectivity index (χ3v) is 3.55. The molecule has 2 aromatic carbocycles. The number of amides is 2. The number of hydrazine groups is 1. The highest BCUT2D eigenvalue weighted by Gasteiger charge is 2.08. The fraction of sp³-hybridized carbons (Fsp3) is 0.250. The van der Waals surface area contributed by atoms with Gasteiger partial charge < -0.3 is 9.47 Å². The van der Waals surface area contributed by atoms with Gasteiger partial charge in [-0.3, -0.25) is 20.4 Å². The summed E-state index contributed by atoms with van der Waals surface area (Å²) in [5.41, 5.74) is 6.07. The first-order valence-electron chi connectivity index (χ1n) is 8.47. The number of ether oxygens (including phenoxy) is 2. The molecule has 7 nitrogen and oxygen atoms in total. The highest BCUT2D eigenvalue weighted by Crippen LogP contribution is 2.16. The minimum Gasteiger partial charge on any atom is -0.494 e. The summed E-state index contributed by atoms with van der Waals surface area (Å²) >= 11 is 0. The summed E-state index contributed by atoms with van der Waals surface area (Å²) in [6, 6.07) is 16.2. The Morgan fingerprint density at radius 3 is 2.44 bits per heavy atom. The minimum absolute atomic E-state index is 0.213. The molecule has 2 N–H and O–H groups in total. The number of carbonyl (C=O) groups is 2. The first kappa shape index (κ1) is 19.8. The molecule has 0 bridgehead atoms. The molecular formula is C20H21N3O4. The van der Waals surface area contributed by atoms with Crippen LogP contribution in [0.4, 0.5) is 0 Å². The molecule has 2 amide bonds. The Hall–Kier alpha value is -3.53. The van der Waals surface area contributed by atoms with Gasteiger partial charge in [-0.05, 0) is 37.6 Å².